The average molecular weight is 357 g/mol. The Kier molecular flexibility index (Phi) is 6.07. The Balaban J connectivity index is 2.86. The molecule has 0 saturated heterocycles. The molecule has 0 amide bonds. The first-order valence-corrected chi connectivity index (χ1v) is 7.96. The summed E-state index contributed by atoms with van der Waals surface area (Å²) >= 11 is 9.16. The molecule has 0 heterocycles. The van der Waals surface area contributed by atoms with Crippen molar-refractivity contribution in [1.29, 1.82) is 0 Å². The highest BCUT2D eigenvalue weighted by Gasteiger charge is 2.22. The van der Waals surface area contributed by atoms with Crippen LogP contribution in [0.25, 0.3) is 0 Å². The van der Waals surface area contributed by atoms with Gasteiger partial charge >= 0.3 is 0 Å². The molecule has 0 fully saturated rings. The predicted molar refractivity (Wildman–Crippen MR) is 75.9 cm³/mol. The Morgan fingerprint density at radius 3 is 2.72 bits per heavy atom. The summed E-state index contributed by atoms with van der Waals surface area (Å²) in [7, 11) is -0.414. The van der Waals surface area contributed by atoms with Gasteiger partial charge in [-0.1, -0.05) is 33.6 Å². The molecular formula is C11H15BrClNO3S. The molecule has 1 aromatic carbocycles. The predicted octanol–water partition coefficient (Wildman–Crippen LogP) is 2.37. The molecule has 0 aliphatic carbocycles. The SMILES string of the molecule is COCC(Br)CN(C)S(=O)(=O)c1cccc(Cl)c1. The van der Waals surface area contributed by atoms with Crippen LogP contribution in [-0.4, -0.2) is 44.9 Å². The number of alkyl halides is 1. The molecule has 1 atom stereocenters. The number of ether oxygens (including phenoxy) is 1. The topological polar surface area (TPSA) is 46.6 Å². The molecule has 0 spiro atoms. The molecule has 0 aliphatic rings. The summed E-state index contributed by atoms with van der Waals surface area (Å²) in [4.78, 5) is 0.135. The van der Waals surface area contributed by atoms with E-state index in [0.29, 0.717) is 18.2 Å². The fourth-order valence-electron chi connectivity index (χ4n) is 1.42. The van der Waals surface area contributed by atoms with Gasteiger partial charge in [-0.25, -0.2) is 8.42 Å². The van der Waals surface area contributed by atoms with Crippen LogP contribution in [0.1, 0.15) is 0 Å². The van der Waals surface area contributed by atoms with E-state index < -0.39 is 10.0 Å². The van der Waals surface area contributed by atoms with Crippen LogP contribution in [0.4, 0.5) is 0 Å². The van der Waals surface area contributed by atoms with Crippen molar-refractivity contribution >= 4 is 37.6 Å². The Bertz CT molecular complexity index is 495. The third kappa shape index (κ3) is 4.20. The summed E-state index contributed by atoms with van der Waals surface area (Å²) in [5.74, 6) is 0. The zero-order valence-electron chi connectivity index (χ0n) is 10.1. The molecule has 4 nitrogen and oxygen atoms in total. The van der Waals surface area contributed by atoms with Gasteiger partial charge < -0.3 is 4.74 Å². The van der Waals surface area contributed by atoms with Gasteiger partial charge in [-0.2, -0.15) is 4.31 Å². The first kappa shape index (κ1) is 15.9. The molecular weight excluding hydrogens is 342 g/mol. The van der Waals surface area contributed by atoms with Crippen LogP contribution in [0.2, 0.25) is 5.02 Å². The number of rotatable bonds is 6. The lowest BCUT2D eigenvalue weighted by Crippen LogP contribution is -2.33. The Morgan fingerprint density at radius 2 is 2.17 bits per heavy atom. The summed E-state index contributed by atoms with van der Waals surface area (Å²) in [5.41, 5.74) is 0. The molecule has 18 heavy (non-hydrogen) atoms. The lowest BCUT2D eigenvalue weighted by atomic mass is 10.4. The number of nitrogens with zero attached hydrogens (tertiary/aromatic N) is 1. The van der Waals surface area contributed by atoms with Gasteiger partial charge in [-0.05, 0) is 18.2 Å². The highest BCUT2D eigenvalue weighted by atomic mass is 79.9. The second-order valence-electron chi connectivity index (χ2n) is 3.80. The van der Waals surface area contributed by atoms with Crippen LogP contribution in [0, 0.1) is 0 Å². The van der Waals surface area contributed by atoms with E-state index in [2.05, 4.69) is 15.9 Å². The summed E-state index contributed by atoms with van der Waals surface area (Å²) in [6.07, 6.45) is 0. The molecule has 7 heteroatoms. The van der Waals surface area contributed by atoms with E-state index in [1.165, 1.54) is 23.5 Å². The van der Waals surface area contributed by atoms with E-state index in [-0.39, 0.29) is 9.72 Å². The molecule has 1 unspecified atom stereocenters. The van der Waals surface area contributed by atoms with E-state index in [9.17, 15) is 8.42 Å². The van der Waals surface area contributed by atoms with Gasteiger partial charge in [0.25, 0.3) is 0 Å². The first-order valence-electron chi connectivity index (χ1n) is 5.23. The maximum atomic E-state index is 12.2. The molecule has 1 aromatic rings. The first-order chi connectivity index (χ1) is 8.37. The molecule has 1 rings (SSSR count). The van der Waals surface area contributed by atoms with Crippen molar-refractivity contribution in [3.63, 3.8) is 0 Å². The zero-order valence-corrected chi connectivity index (χ0v) is 13.3. The second kappa shape index (κ2) is 6.86. The van der Waals surface area contributed by atoms with Crippen LogP contribution < -0.4 is 0 Å². The molecule has 0 saturated carbocycles. The van der Waals surface area contributed by atoms with Crippen molar-refractivity contribution < 1.29 is 13.2 Å². The number of methoxy groups -OCH3 is 1. The largest absolute Gasteiger partial charge is 0.383 e. The van der Waals surface area contributed by atoms with Gasteiger partial charge in [0.1, 0.15) is 0 Å². The van der Waals surface area contributed by atoms with E-state index in [4.69, 9.17) is 16.3 Å². The number of halogens is 2. The van der Waals surface area contributed by atoms with Crippen molar-refractivity contribution in [3.05, 3.63) is 29.3 Å². The van der Waals surface area contributed by atoms with Crippen molar-refractivity contribution in [2.24, 2.45) is 0 Å². The molecule has 0 aromatic heterocycles. The summed E-state index contributed by atoms with van der Waals surface area (Å²) < 4.78 is 30.7. The standard InChI is InChI=1S/C11H15BrClNO3S/c1-14(7-9(12)8-17-2)18(15,16)11-5-3-4-10(13)6-11/h3-6,9H,7-8H2,1-2H3. The van der Waals surface area contributed by atoms with Crippen molar-refractivity contribution in [2.45, 2.75) is 9.72 Å². The summed E-state index contributed by atoms with van der Waals surface area (Å²) in [6, 6.07) is 6.22. The second-order valence-corrected chi connectivity index (χ2v) is 7.57. The van der Waals surface area contributed by atoms with Crippen molar-refractivity contribution in [1.82, 2.24) is 4.31 Å². The minimum Gasteiger partial charge on any atom is -0.383 e. The Morgan fingerprint density at radius 1 is 1.50 bits per heavy atom. The van der Waals surface area contributed by atoms with Gasteiger partial charge in [0, 0.05) is 25.7 Å². The van der Waals surface area contributed by atoms with Crippen LogP contribution in [-0.2, 0) is 14.8 Å². The van der Waals surface area contributed by atoms with Crippen LogP contribution in [0.5, 0.6) is 0 Å². The maximum Gasteiger partial charge on any atom is 0.242 e. The fraction of sp³-hybridized carbons (Fsp3) is 0.455. The Labute approximate surface area is 121 Å². The molecule has 0 radical (unpaired) electrons. The number of benzene rings is 1. The van der Waals surface area contributed by atoms with Gasteiger partial charge in [-0.15, -0.1) is 0 Å². The molecule has 0 bridgehead atoms. The summed E-state index contributed by atoms with van der Waals surface area (Å²) in [6.45, 7) is 0.762. The van der Waals surface area contributed by atoms with E-state index in [0.717, 1.165) is 0 Å². The summed E-state index contributed by atoms with van der Waals surface area (Å²) in [5, 5.41) is 0.400. The quantitative estimate of drug-likeness (QED) is 0.735. The van der Waals surface area contributed by atoms with Gasteiger partial charge in [0.15, 0.2) is 0 Å². The maximum absolute atomic E-state index is 12.2. The fourth-order valence-corrected chi connectivity index (χ4v) is 3.83. The lowest BCUT2D eigenvalue weighted by Gasteiger charge is -2.20. The average Bonchev–Trinajstić information content (AvgIpc) is 2.29. The van der Waals surface area contributed by atoms with Crippen molar-refractivity contribution in [3.8, 4) is 0 Å². The number of hydrogen-bond donors (Lipinski definition) is 0. The lowest BCUT2D eigenvalue weighted by molar-refractivity contribution is 0.195. The van der Waals surface area contributed by atoms with Crippen LogP contribution in [0.3, 0.4) is 0 Å². The van der Waals surface area contributed by atoms with E-state index in [1.54, 1.807) is 19.2 Å². The monoisotopic (exact) mass is 355 g/mol. The smallest absolute Gasteiger partial charge is 0.242 e. The van der Waals surface area contributed by atoms with E-state index >= 15 is 0 Å². The van der Waals surface area contributed by atoms with Crippen LogP contribution in [0.15, 0.2) is 29.2 Å². The minimum atomic E-state index is -3.51. The third-order valence-corrected chi connectivity index (χ3v) is 4.92. The van der Waals surface area contributed by atoms with Gasteiger partial charge in [-0.3, -0.25) is 0 Å². The zero-order chi connectivity index (χ0) is 13.8. The highest BCUT2D eigenvalue weighted by Crippen LogP contribution is 2.19. The molecule has 102 valence electrons. The Hall–Kier alpha value is -0.140. The third-order valence-electron chi connectivity index (χ3n) is 2.31. The van der Waals surface area contributed by atoms with Crippen LogP contribution >= 0.6 is 27.5 Å². The minimum absolute atomic E-state index is 0.0542. The highest BCUT2D eigenvalue weighted by molar-refractivity contribution is 9.09. The van der Waals surface area contributed by atoms with E-state index in [1.807, 2.05) is 0 Å². The number of hydrogen-bond acceptors (Lipinski definition) is 3. The normalized spacial score (nSPS) is 13.8. The molecule has 0 N–H and O–H groups in total. The molecule has 0 aliphatic heterocycles. The van der Waals surface area contributed by atoms with Crippen molar-refractivity contribution in [2.75, 3.05) is 27.3 Å². The number of sulfonamides is 1. The van der Waals surface area contributed by atoms with Gasteiger partial charge in [0.05, 0.1) is 16.3 Å². The van der Waals surface area contributed by atoms with Gasteiger partial charge in [0.2, 0.25) is 10.0 Å².